The minimum Gasteiger partial charge on any atom is -0.379 e. The third-order valence-electron chi connectivity index (χ3n) is 6.31. The highest BCUT2D eigenvalue weighted by molar-refractivity contribution is 5.88. The van der Waals surface area contributed by atoms with Crippen LogP contribution >= 0.6 is 0 Å². The van der Waals surface area contributed by atoms with E-state index >= 15 is 0 Å². The van der Waals surface area contributed by atoms with Crippen molar-refractivity contribution >= 4 is 5.91 Å². The lowest BCUT2D eigenvalue weighted by Gasteiger charge is -2.39. The molecule has 4 rings (SSSR count). The first-order valence-electron chi connectivity index (χ1n) is 10.4. The first-order valence-corrected chi connectivity index (χ1v) is 10.4. The Morgan fingerprint density at radius 1 is 1.11 bits per heavy atom. The standard InChI is InChI=1S/C24H30N2O2/c1-26(14-13-19-8-3-2-4-9-19)24(16-20-10-5-6-11-21(20)17-24)23(27)25-22-12-7-15-28-18-22/h2-6,8-11,22H,7,12-18H2,1H3,(H,25,27). The zero-order valence-electron chi connectivity index (χ0n) is 16.7. The van der Waals surface area contributed by atoms with Gasteiger partial charge in [-0.3, -0.25) is 9.69 Å². The van der Waals surface area contributed by atoms with Crippen LogP contribution in [0.15, 0.2) is 54.6 Å². The van der Waals surface area contributed by atoms with Gasteiger partial charge in [0.05, 0.1) is 12.6 Å². The van der Waals surface area contributed by atoms with Crippen LogP contribution < -0.4 is 5.32 Å². The van der Waals surface area contributed by atoms with E-state index in [0.29, 0.717) is 6.61 Å². The number of hydrogen-bond acceptors (Lipinski definition) is 3. The molecule has 2 aromatic carbocycles. The fourth-order valence-electron chi connectivity index (χ4n) is 4.53. The van der Waals surface area contributed by atoms with E-state index in [-0.39, 0.29) is 11.9 Å². The molecule has 2 aliphatic rings. The summed E-state index contributed by atoms with van der Waals surface area (Å²) in [5.74, 6) is 0.148. The van der Waals surface area contributed by atoms with Crippen LogP contribution in [0.1, 0.15) is 29.5 Å². The van der Waals surface area contributed by atoms with Crippen LogP contribution in [0, 0.1) is 0 Å². The highest BCUT2D eigenvalue weighted by atomic mass is 16.5. The molecule has 0 bridgehead atoms. The van der Waals surface area contributed by atoms with Gasteiger partial charge in [0.1, 0.15) is 5.54 Å². The summed E-state index contributed by atoms with van der Waals surface area (Å²) in [5, 5.41) is 3.31. The number of nitrogens with zero attached hydrogens (tertiary/aromatic N) is 1. The monoisotopic (exact) mass is 378 g/mol. The van der Waals surface area contributed by atoms with Gasteiger partial charge < -0.3 is 10.1 Å². The van der Waals surface area contributed by atoms with Crippen LogP contribution in [0.5, 0.6) is 0 Å². The second-order valence-electron chi connectivity index (χ2n) is 8.20. The summed E-state index contributed by atoms with van der Waals surface area (Å²) in [6, 6.07) is 19.1. The quantitative estimate of drug-likeness (QED) is 0.840. The summed E-state index contributed by atoms with van der Waals surface area (Å²) >= 11 is 0. The molecule has 2 aromatic rings. The SMILES string of the molecule is CN(CCc1ccccc1)C1(C(=O)NC2CCCOC2)Cc2ccccc2C1. The Bertz CT molecular complexity index is 774. The molecule has 0 radical (unpaired) electrons. The molecule has 4 heteroatoms. The maximum Gasteiger partial charge on any atom is 0.241 e. The molecular weight excluding hydrogens is 348 g/mol. The summed E-state index contributed by atoms with van der Waals surface area (Å²) in [6.07, 6.45) is 4.50. The number of fused-ring (bicyclic) bond motifs is 1. The van der Waals surface area contributed by atoms with Crippen LogP contribution in [0.4, 0.5) is 0 Å². The maximum absolute atomic E-state index is 13.5. The number of amides is 1. The molecule has 1 unspecified atom stereocenters. The maximum atomic E-state index is 13.5. The van der Waals surface area contributed by atoms with Gasteiger partial charge in [-0.1, -0.05) is 54.6 Å². The second-order valence-corrected chi connectivity index (χ2v) is 8.20. The molecule has 0 saturated carbocycles. The van der Waals surface area contributed by atoms with E-state index < -0.39 is 5.54 Å². The molecule has 1 amide bonds. The predicted molar refractivity (Wildman–Crippen MR) is 111 cm³/mol. The first kappa shape index (κ1) is 19.2. The van der Waals surface area contributed by atoms with E-state index in [1.807, 2.05) is 6.07 Å². The van der Waals surface area contributed by atoms with Crippen LogP contribution in [-0.2, 0) is 28.8 Å². The molecule has 1 heterocycles. The summed E-state index contributed by atoms with van der Waals surface area (Å²) in [6.45, 7) is 2.29. The van der Waals surface area contributed by atoms with Crippen LogP contribution in [0.2, 0.25) is 0 Å². The number of nitrogens with one attached hydrogen (secondary N) is 1. The molecule has 28 heavy (non-hydrogen) atoms. The molecule has 1 fully saturated rings. The van der Waals surface area contributed by atoms with Crippen molar-refractivity contribution < 1.29 is 9.53 Å². The number of carbonyl (C=O) groups excluding carboxylic acids is 1. The Labute approximate surface area is 167 Å². The molecule has 4 nitrogen and oxygen atoms in total. The van der Waals surface area contributed by atoms with E-state index in [4.69, 9.17) is 4.74 Å². The third kappa shape index (κ3) is 3.98. The Kier molecular flexibility index (Phi) is 5.79. The van der Waals surface area contributed by atoms with Crippen molar-refractivity contribution in [2.75, 3.05) is 26.8 Å². The Balaban J connectivity index is 1.52. The molecule has 1 N–H and O–H groups in total. The molecule has 1 saturated heterocycles. The zero-order chi connectivity index (χ0) is 19.4. The number of rotatable bonds is 6. The van der Waals surface area contributed by atoms with Crippen molar-refractivity contribution in [2.24, 2.45) is 0 Å². The number of carbonyl (C=O) groups is 1. The zero-order valence-corrected chi connectivity index (χ0v) is 16.7. The highest BCUT2D eigenvalue weighted by Gasteiger charge is 2.47. The Morgan fingerprint density at radius 3 is 2.43 bits per heavy atom. The van der Waals surface area contributed by atoms with Gasteiger partial charge in [-0.15, -0.1) is 0 Å². The van der Waals surface area contributed by atoms with Crippen LogP contribution in [-0.4, -0.2) is 49.2 Å². The van der Waals surface area contributed by atoms with Gasteiger partial charge in [0.25, 0.3) is 0 Å². The van der Waals surface area contributed by atoms with Crippen LogP contribution in [0.25, 0.3) is 0 Å². The van der Waals surface area contributed by atoms with Gasteiger partial charge in [0.2, 0.25) is 5.91 Å². The molecule has 148 valence electrons. The average Bonchev–Trinajstić information content (AvgIpc) is 3.14. The van der Waals surface area contributed by atoms with Gasteiger partial charge in [-0.2, -0.15) is 0 Å². The van der Waals surface area contributed by atoms with Gasteiger partial charge >= 0.3 is 0 Å². The molecular formula is C24H30N2O2. The summed E-state index contributed by atoms with van der Waals surface area (Å²) in [5.41, 5.74) is 3.38. The molecule has 0 aromatic heterocycles. The van der Waals surface area contributed by atoms with Crippen molar-refractivity contribution in [3.63, 3.8) is 0 Å². The Morgan fingerprint density at radius 2 is 1.79 bits per heavy atom. The van der Waals surface area contributed by atoms with Crippen molar-refractivity contribution in [1.29, 1.82) is 0 Å². The van der Waals surface area contributed by atoms with E-state index in [0.717, 1.165) is 45.3 Å². The van der Waals surface area contributed by atoms with Gasteiger partial charge in [-0.05, 0) is 43.0 Å². The second kappa shape index (κ2) is 8.46. The largest absolute Gasteiger partial charge is 0.379 e. The molecule has 1 aliphatic carbocycles. The summed E-state index contributed by atoms with van der Waals surface area (Å²) in [4.78, 5) is 15.8. The minimum absolute atomic E-state index is 0.129. The number of ether oxygens (including phenoxy) is 1. The lowest BCUT2D eigenvalue weighted by atomic mass is 9.91. The van der Waals surface area contributed by atoms with E-state index in [1.54, 1.807) is 0 Å². The predicted octanol–water partition coefficient (Wildman–Crippen LogP) is 2.99. The number of likely N-dealkylation sites (N-methyl/N-ethyl adjacent to an activating group) is 1. The topological polar surface area (TPSA) is 41.6 Å². The lowest BCUT2D eigenvalue weighted by molar-refractivity contribution is -0.134. The fourth-order valence-corrected chi connectivity index (χ4v) is 4.53. The smallest absolute Gasteiger partial charge is 0.241 e. The van der Waals surface area contributed by atoms with Gasteiger partial charge in [-0.25, -0.2) is 0 Å². The van der Waals surface area contributed by atoms with Crippen molar-refractivity contribution in [3.05, 3.63) is 71.3 Å². The minimum atomic E-state index is -0.518. The van der Waals surface area contributed by atoms with Crippen molar-refractivity contribution in [3.8, 4) is 0 Å². The van der Waals surface area contributed by atoms with E-state index in [9.17, 15) is 4.79 Å². The number of benzene rings is 2. The van der Waals surface area contributed by atoms with Gasteiger partial charge in [0, 0.05) is 26.0 Å². The summed E-state index contributed by atoms with van der Waals surface area (Å²) in [7, 11) is 2.10. The average molecular weight is 379 g/mol. The van der Waals surface area contributed by atoms with Crippen LogP contribution in [0.3, 0.4) is 0 Å². The normalized spacial score (nSPS) is 20.7. The lowest BCUT2D eigenvalue weighted by Crippen LogP contribution is -2.61. The third-order valence-corrected chi connectivity index (χ3v) is 6.31. The van der Waals surface area contributed by atoms with Crippen molar-refractivity contribution in [1.82, 2.24) is 10.2 Å². The first-order chi connectivity index (χ1) is 13.7. The molecule has 1 atom stereocenters. The Hall–Kier alpha value is -2.17. The van der Waals surface area contributed by atoms with Crippen molar-refractivity contribution in [2.45, 2.75) is 43.7 Å². The highest BCUT2D eigenvalue weighted by Crippen LogP contribution is 2.35. The van der Waals surface area contributed by atoms with E-state index in [1.165, 1.54) is 16.7 Å². The van der Waals surface area contributed by atoms with E-state index in [2.05, 4.69) is 65.8 Å². The number of hydrogen-bond donors (Lipinski definition) is 1. The fraction of sp³-hybridized carbons (Fsp3) is 0.458. The molecule has 0 spiro atoms. The molecule has 1 aliphatic heterocycles. The van der Waals surface area contributed by atoms with Gasteiger partial charge in [0.15, 0.2) is 0 Å². The summed E-state index contributed by atoms with van der Waals surface area (Å²) < 4.78 is 5.58.